The van der Waals surface area contributed by atoms with E-state index in [1.165, 1.54) is 11.8 Å². The second-order valence-corrected chi connectivity index (χ2v) is 4.06. The smallest absolute Gasteiger partial charge is 0.180 e. The standard InChI is InChI=1S/C12H17N3O2S/c1-4-17-10-6-5-9(7-11(10)16-2)8-14-15-12(13)18-3/h5-8H,4H2,1-3H3,(H2,13,15). The minimum atomic E-state index is 0.421. The summed E-state index contributed by atoms with van der Waals surface area (Å²) in [6.45, 7) is 2.52. The molecule has 0 bridgehead atoms. The van der Waals surface area contributed by atoms with Crippen molar-refractivity contribution in [2.24, 2.45) is 15.9 Å². The number of thioether (sulfide) groups is 1. The summed E-state index contributed by atoms with van der Waals surface area (Å²) in [7, 11) is 1.60. The highest BCUT2D eigenvalue weighted by Crippen LogP contribution is 2.27. The predicted molar refractivity (Wildman–Crippen MR) is 76.9 cm³/mol. The van der Waals surface area contributed by atoms with Gasteiger partial charge >= 0.3 is 0 Å². The van der Waals surface area contributed by atoms with Gasteiger partial charge in [-0.3, -0.25) is 0 Å². The molecule has 0 aliphatic heterocycles. The Balaban J connectivity index is 2.85. The first-order valence-electron chi connectivity index (χ1n) is 5.42. The Morgan fingerprint density at radius 1 is 1.44 bits per heavy atom. The van der Waals surface area contributed by atoms with E-state index in [-0.39, 0.29) is 0 Å². The molecule has 0 heterocycles. The molecule has 18 heavy (non-hydrogen) atoms. The van der Waals surface area contributed by atoms with Crippen LogP contribution in [0.4, 0.5) is 0 Å². The third-order valence-corrected chi connectivity index (χ3v) is 2.56. The Kier molecular flexibility index (Phi) is 6.07. The van der Waals surface area contributed by atoms with Gasteiger partial charge in [-0.25, -0.2) is 0 Å². The van der Waals surface area contributed by atoms with Crippen molar-refractivity contribution in [3.63, 3.8) is 0 Å². The van der Waals surface area contributed by atoms with Crippen LogP contribution in [0.3, 0.4) is 0 Å². The zero-order valence-corrected chi connectivity index (χ0v) is 11.5. The SMILES string of the molecule is CCOc1ccc(C=NN=C(N)SC)cc1OC. The Labute approximate surface area is 111 Å². The molecule has 0 unspecified atom stereocenters. The number of hydrogen-bond acceptors (Lipinski definition) is 5. The van der Waals surface area contributed by atoms with E-state index in [1.807, 2.05) is 31.4 Å². The van der Waals surface area contributed by atoms with Gasteiger partial charge in [0.1, 0.15) is 0 Å². The minimum absolute atomic E-state index is 0.421. The number of ether oxygens (including phenoxy) is 2. The van der Waals surface area contributed by atoms with E-state index in [0.717, 1.165) is 5.56 Å². The molecule has 2 N–H and O–H groups in total. The molecular weight excluding hydrogens is 250 g/mol. The van der Waals surface area contributed by atoms with Crippen molar-refractivity contribution in [1.82, 2.24) is 0 Å². The summed E-state index contributed by atoms with van der Waals surface area (Å²) in [5, 5.41) is 8.11. The average Bonchev–Trinajstić information content (AvgIpc) is 2.40. The lowest BCUT2D eigenvalue weighted by molar-refractivity contribution is 0.311. The molecule has 1 aromatic carbocycles. The van der Waals surface area contributed by atoms with Gasteiger partial charge in [0.05, 0.1) is 19.9 Å². The third kappa shape index (κ3) is 4.29. The van der Waals surface area contributed by atoms with Gasteiger partial charge in [-0.15, -0.1) is 5.10 Å². The van der Waals surface area contributed by atoms with Crippen molar-refractivity contribution in [3.05, 3.63) is 23.8 Å². The first-order chi connectivity index (χ1) is 8.71. The van der Waals surface area contributed by atoms with Crippen molar-refractivity contribution < 1.29 is 9.47 Å². The lowest BCUT2D eigenvalue weighted by Gasteiger charge is -2.09. The number of benzene rings is 1. The summed E-state index contributed by atoms with van der Waals surface area (Å²) in [5.41, 5.74) is 6.38. The van der Waals surface area contributed by atoms with Crippen molar-refractivity contribution in [2.45, 2.75) is 6.92 Å². The molecule has 0 aromatic heterocycles. The number of methoxy groups -OCH3 is 1. The molecule has 0 aliphatic rings. The highest BCUT2D eigenvalue weighted by molar-refractivity contribution is 8.13. The Bertz CT molecular complexity index is 447. The molecule has 0 atom stereocenters. The first-order valence-corrected chi connectivity index (χ1v) is 6.65. The summed E-state index contributed by atoms with van der Waals surface area (Å²) in [4.78, 5) is 0. The maximum absolute atomic E-state index is 5.51. The van der Waals surface area contributed by atoms with E-state index in [1.54, 1.807) is 13.3 Å². The van der Waals surface area contributed by atoms with Crippen LogP contribution in [-0.2, 0) is 0 Å². The van der Waals surface area contributed by atoms with Gasteiger partial charge in [0.15, 0.2) is 16.7 Å². The number of hydrogen-bond donors (Lipinski definition) is 1. The van der Waals surface area contributed by atoms with Crippen LogP contribution >= 0.6 is 11.8 Å². The maximum atomic E-state index is 5.51. The van der Waals surface area contributed by atoms with E-state index >= 15 is 0 Å². The number of nitrogens with two attached hydrogens (primary N) is 1. The van der Waals surface area contributed by atoms with Crippen LogP contribution in [0.15, 0.2) is 28.4 Å². The van der Waals surface area contributed by atoms with Crippen LogP contribution in [0, 0.1) is 0 Å². The third-order valence-electron chi connectivity index (χ3n) is 2.06. The molecule has 0 fully saturated rings. The van der Waals surface area contributed by atoms with Crippen LogP contribution in [0.2, 0.25) is 0 Å². The van der Waals surface area contributed by atoms with E-state index in [2.05, 4.69) is 10.2 Å². The average molecular weight is 267 g/mol. The van der Waals surface area contributed by atoms with Crippen LogP contribution in [0.1, 0.15) is 12.5 Å². The Hall–Kier alpha value is -1.69. The monoisotopic (exact) mass is 267 g/mol. The topological polar surface area (TPSA) is 69.2 Å². The molecule has 6 heteroatoms. The van der Waals surface area contributed by atoms with Gasteiger partial charge in [-0.1, -0.05) is 11.8 Å². The molecule has 0 aliphatic carbocycles. The van der Waals surface area contributed by atoms with E-state index in [0.29, 0.717) is 23.3 Å². The zero-order chi connectivity index (χ0) is 13.4. The van der Waals surface area contributed by atoms with Crippen molar-refractivity contribution in [3.8, 4) is 11.5 Å². The van der Waals surface area contributed by atoms with Crippen LogP contribution in [0.25, 0.3) is 0 Å². The number of nitrogens with zero attached hydrogens (tertiary/aromatic N) is 2. The largest absolute Gasteiger partial charge is 0.493 e. The summed E-state index contributed by atoms with van der Waals surface area (Å²) < 4.78 is 10.7. The Morgan fingerprint density at radius 3 is 2.83 bits per heavy atom. The first kappa shape index (κ1) is 14.4. The van der Waals surface area contributed by atoms with Crippen LogP contribution in [0.5, 0.6) is 11.5 Å². The maximum Gasteiger partial charge on any atom is 0.180 e. The van der Waals surface area contributed by atoms with Gasteiger partial charge in [0.25, 0.3) is 0 Å². The predicted octanol–water partition coefficient (Wildman–Crippen LogP) is 2.11. The normalized spacial score (nSPS) is 11.8. The zero-order valence-electron chi connectivity index (χ0n) is 10.7. The molecular formula is C12H17N3O2S. The fourth-order valence-electron chi connectivity index (χ4n) is 1.23. The summed E-state index contributed by atoms with van der Waals surface area (Å²) in [5.74, 6) is 1.38. The summed E-state index contributed by atoms with van der Waals surface area (Å²) in [6.07, 6.45) is 3.45. The molecule has 1 aromatic rings. The summed E-state index contributed by atoms with van der Waals surface area (Å²) in [6, 6.07) is 5.55. The lowest BCUT2D eigenvalue weighted by atomic mass is 10.2. The fourth-order valence-corrected chi connectivity index (χ4v) is 1.36. The lowest BCUT2D eigenvalue weighted by Crippen LogP contribution is -2.03. The van der Waals surface area contributed by atoms with Gasteiger partial charge in [0, 0.05) is 0 Å². The van der Waals surface area contributed by atoms with E-state index < -0.39 is 0 Å². The van der Waals surface area contributed by atoms with Crippen molar-refractivity contribution >= 4 is 23.1 Å². The van der Waals surface area contributed by atoms with E-state index in [4.69, 9.17) is 15.2 Å². The van der Waals surface area contributed by atoms with Crippen molar-refractivity contribution in [2.75, 3.05) is 20.0 Å². The number of rotatable bonds is 5. The summed E-state index contributed by atoms with van der Waals surface area (Å²) >= 11 is 1.35. The highest BCUT2D eigenvalue weighted by atomic mass is 32.2. The molecule has 0 amide bonds. The molecule has 0 saturated heterocycles. The molecule has 0 saturated carbocycles. The van der Waals surface area contributed by atoms with Gasteiger partial charge in [-0.2, -0.15) is 5.10 Å². The van der Waals surface area contributed by atoms with Gasteiger partial charge in [0.2, 0.25) is 0 Å². The molecule has 1 rings (SSSR count). The second kappa shape index (κ2) is 7.60. The second-order valence-electron chi connectivity index (χ2n) is 3.23. The number of amidine groups is 1. The fraction of sp³-hybridized carbons (Fsp3) is 0.333. The van der Waals surface area contributed by atoms with Crippen molar-refractivity contribution in [1.29, 1.82) is 0 Å². The van der Waals surface area contributed by atoms with E-state index in [9.17, 15) is 0 Å². The molecule has 0 radical (unpaired) electrons. The minimum Gasteiger partial charge on any atom is -0.493 e. The van der Waals surface area contributed by atoms with Gasteiger partial charge in [-0.05, 0) is 36.9 Å². The molecule has 0 spiro atoms. The molecule has 98 valence electrons. The van der Waals surface area contributed by atoms with Crippen LogP contribution < -0.4 is 15.2 Å². The van der Waals surface area contributed by atoms with Crippen LogP contribution in [-0.4, -0.2) is 31.4 Å². The Morgan fingerprint density at radius 2 is 2.22 bits per heavy atom. The van der Waals surface area contributed by atoms with Gasteiger partial charge < -0.3 is 15.2 Å². The molecule has 5 nitrogen and oxygen atoms in total. The quantitative estimate of drug-likeness (QED) is 0.504. The highest BCUT2D eigenvalue weighted by Gasteiger charge is 2.03.